The summed E-state index contributed by atoms with van der Waals surface area (Å²) in [5.74, 6) is 0.762. The predicted octanol–water partition coefficient (Wildman–Crippen LogP) is 7.24. The summed E-state index contributed by atoms with van der Waals surface area (Å²) in [7, 11) is 1.61. The zero-order valence-electron chi connectivity index (χ0n) is 22.4. The summed E-state index contributed by atoms with van der Waals surface area (Å²) >= 11 is 12.9. The summed E-state index contributed by atoms with van der Waals surface area (Å²) in [6.07, 6.45) is 12.1. The number of anilines is 1. The fourth-order valence-corrected chi connectivity index (χ4v) is 6.96. The average Bonchev–Trinajstić information content (AvgIpc) is 3.67. The molecule has 1 N–H and O–H groups in total. The Morgan fingerprint density at radius 1 is 1.20 bits per heavy atom. The zero-order chi connectivity index (χ0) is 28.3. The molecule has 10 heteroatoms. The molecule has 3 fully saturated rings. The Kier molecular flexibility index (Phi) is 6.52. The molecule has 210 valence electrons. The summed E-state index contributed by atoms with van der Waals surface area (Å²) in [4.78, 5) is 22.3. The van der Waals surface area contributed by atoms with Gasteiger partial charge in [-0.2, -0.15) is 0 Å². The highest BCUT2D eigenvalue weighted by atomic mass is 35.5. The Hall–Kier alpha value is -3.46. The van der Waals surface area contributed by atoms with E-state index in [9.17, 15) is 9.90 Å². The normalized spacial score (nSPS) is 18.3. The smallest absolute Gasteiger partial charge is 0.354 e. The van der Waals surface area contributed by atoms with Gasteiger partial charge in [0.15, 0.2) is 0 Å². The van der Waals surface area contributed by atoms with Gasteiger partial charge in [0.2, 0.25) is 0 Å². The van der Waals surface area contributed by atoms with Gasteiger partial charge in [-0.15, -0.1) is 0 Å². The third-order valence-corrected chi connectivity index (χ3v) is 9.11. The van der Waals surface area contributed by atoms with Crippen LogP contribution in [0.25, 0.3) is 28.2 Å². The number of carbonyl (C=O) groups is 1. The van der Waals surface area contributed by atoms with Crippen LogP contribution in [0, 0.1) is 11.3 Å². The summed E-state index contributed by atoms with van der Waals surface area (Å²) in [6.45, 7) is 2.32. The second-order valence-electron chi connectivity index (χ2n) is 11.6. The molecule has 1 saturated heterocycles. The molecule has 2 saturated carbocycles. The molecule has 7 rings (SSSR count). The Labute approximate surface area is 246 Å². The van der Waals surface area contributed by atoms with E-state index in [0.29, 0.717) is 50.7 Å². The van der Waals surface area contributed by atoms with Crippen LogP contribution in [-0.4, -0.2) is 46.4 Å². The number of aromatic nitrogens is 3. The molecule has 0 radical (unpaired) electrons. The topological polar surface area (TPSA) is 102 Å². The number of fused-ring (bicyclic) bond motifs is 1. The Morgan fingerprint density at radius 2 is 1.95 bits per heavy atom. The quantitative estimate of drug-likeness (QED) is 0.229. The molecule has 1 spiro atoms. The summed E-state index contributed by atoms with van der Waals surface area (Å²) < 4.78 is 11.1. The van der Waals surface area contributed by atoms with Crippen molar-refractivity contribution in [2.75, 3.05) is 25.1 Å². The summed E-state index contributed by atoms with van der Waals surface area (Å²) in [6, 6.07) is 7.64. The van der Waals surface area contributed by atoms with Crippen molar-refractivity contribution >= 4 is 51.8 Å². The molecule has 2 aliphatic carbocycles. The number of rotatable bonds is 8. The van der Waals surface area contributed by atoms with E-state index in [2.05, 4.69) is 38.2 Å². The van der Waals surface area contributed by atoms with Crippen molar-refractivity contribution in [3.05, 3.63) is 75.4 Å². The maximum absolute atomic E-state index is 11.5. The molecule has 1 aromatic carbocycles. The number of hydrogen-bond donors (Lipinski definition) is 1. The Bertz CT molecular complexity index is 1680. The molecular weight excluding hydrogens is 563 g/mol. The molecule has 0 bridgehead atoms. The molecule has 0 atom stereocenters. The standard InChI is InChI=1S/C31H28Cl2N4O4/c1-40-14-19-8-26(30(38)39)35-25-7-5-20(9-22(19)25)37-15-31(16-37)10-17(11-31)2-6-21-28(36-41-29(21)18-3-4-18)27-23(32)12-34-13-24(27)33/h2,5-9,12-13,17-18H,3-4,10-11,14-16H2,1H3,(H,38,39)/b6-2+. The van der Waals surface area contributed by atoms with E-state index in [0.717, 1.165) is 66.7 Å². The molecule has 3 aliphatic rings. The first kappa shape index (κ1) is 26.4. The number of pyridine rings is 2. The lowest BCUT2D eigenvalue weighted by molar-refractivity contribution is 0.0486. The van der Waals surface area contributed by atoms with Gasteiger partial charge in [-0.3, -0.25) is 4.98 Å². The zero-order valence-corrected chi connectivity index (χ0v) is 24.0. The first-order chi connectivity index (χ1) is 19.8. The van der Waals surface area contributed by atoms with Gasteiger partial charge < -0.3 is 19.3 Å². The van der Waals surface area contributed by atoms with Gasteiger partial charge in [0, 0.05) is 66.1 Å². The maximum Gasteiger partial charge on any atom is 0.354 e. The van der Waals surface area contributed by atoms with Gasteiger partial charge in [-0.05, 0) is 61.4 Å². The average molecular weight is 591 g/mol. The van der Waals surface area contributed by atoms with Gasteiger partial charge in [-0.1, -0.05) is 40.5 Å². The van der Waals surface area contributed by atoms with Crippen molar-refractivity contribution in [3.8, 4) is 11.3 Å². The molecule has 41 heavy (non-hydrogen) atoms. The van der Waals surface area contributed by atoms with Crippen LogP contribution in [0.3, 0.4) is 0 Å². The molecule has 1 aliphatic heterocycles. The van der Waals surface area contributed by atoms with Crippen LogP contribution in [-0.2, 0) is 11.3 Å². The largest absolute Gasteiger partial charge is 0.477 e. The van der Waals surface area contributed by atoms with E-state index in [1.165, 1.54) is 0 Å². The van der Waals surface area contributed by atoms with E-state index in [1.807, 2.05) is 12.1 Å². The monoisotopic (exact) mass is 590 g/mol. The van der Waals surface area contributed by atoms with Crippen molar-refractivity contribution in [1.29, 1.82) is 0 Å². The number of halogens is 2. The predicted molar refractivity (Wildman–Crippen MR) is 158 cm³/mol. The van der Waals surface area contributed by atoms with Gasteiger partial charge in [0.25, 0.3) is 0 Å². The molecule has 3 aromatic heterocycles. The molecule has 4 aromatic rings. The highest BCUT2D eigenvalue weighted by Crippen LogP contribution is 2.54. The van der Waals surface area contributed by atoms with Crippen LogP contribution in [0.1, 0.15) is 59.0 Å². The number of methoxy groups -OCH3 is 1. The lowest BCUT2D eigenvalue weighted by Crippen LogP contribution is -2.62. The van der Waals surface area contributed by atoms with Crippen LogP contribution >= 0.6 is 23.2 Å². The Morgan fingerprint density at radius 3 is 2.63 bits per heavy atom. The second-order valence-corrected chi connectivity index (χ2v) is 12.4. The lowest BCUT2D eigenvalue weighted by Gasteiger charge is -2.59. The number of benzene rings is 1. The van der Waals surface area contributed by atoms with Crippen molar-refractivity contribution < 1.29 is 19.2 Å². The SMILES string of the molecule is COCc1cc(C(=O)O)nc2ccc(N3CC4(CC(/C=C/c5c(-c6c(Cl)cncc6Cl)noc5C5CC5)C4)C3)cc12. The fourth-order valence-electron chi connectivity index (χ4n) is 6.42. The number of nitrogens with zero attached hydrogens (tertiary/aromatic N) is 4. The van der Waals surface area contributed by atoms with Gasteiger partial charge >= 0.3 is 5.97 Å². The van der Waals surface area contributed by atoms with Gasteiger partial charge in [-0.25, -0.2) is 9.78 Å². The number of aromatic carboxylic acids is 1. The van der Waals surface area contributed by atoms with Crippen molar-refractivity contribution in [2.45, 2.75) is 38.2 Å². The fraction of sp³-hybridized carbons (Fsp3) is 0.355. The highest BCUT2D eigenvalue weighted by molar-refractivity contribution is 6.39. The number of carboxylic acid groups (broad SMARTS) is 1. The van der Waals surface area contributed by atoms with E-state index in [4.69, 9.17) is 32.5 Å². The van der Waals surface area contributed by atoms with Crippen molar-refractivity contribution in [1.82, 2.24) is 15.1 Å². The van der Waals surface area contributed by atoms with E-state index in [1.54, 1.807) is 25.6 Å². The molecule has 0 unspecified atom stereocenters. The third-order valence-electron chi connectivity index (χ3n) is 8.53. The van der Waals surface area contributed by atoms with Crippen LogP contribution in [0.4, 0.5) is 5.69 Å². The number of allylic oxidation sites excluding steroid dienone is 1. The highest BCUT2D eigenvalue weighted by Gasteiger charge is 2.51. The molecule has 0 amide bonds. The van der Waals surface area contributed by atoms with Crippen LogP contribution < -0.4 is 4.90 Å². The first-order valence-corrected chi connectivity index (χ1v) is 14.5. The van der Waals surface area contributed by atoms with Gasteiger partial charge in [0.05, 0.1) is 22.2 Å². The van der Waals surface area contributed by atoms with E-state index < -0.39 is 5.97 Å². The molecule has 4 heterocycles. The minimum atomic E-state index is -1.04. The van der Waals surface area contributed by atoms with Crippen LogP contribution in [0.15, 0.2) is 47.3 Å². The lowest BCUT2D eigenvalue weighted by atomic mass is 9.57. The summed E-state index contributed by atoms with van der Waals surface area (Å²) in [5.41, 5.74) is 5.28. The van der Waals surface area contributed by atoms with Crippen molar-refractivity contribution in [3.63, 3.8) is 0 Å². The van der Waals surface area contributed by atoms with Gasteiger partial charge in [0.1, 0.15) is 17.1 Å². The van der Waals surface area contributed by atoms with E-state index in [-0.39, 0.29) is 5.69 Å². The third kappa shape index (κ3) is 4.78. The number of hydrogen-bond acceptors (Lipinski definition) is 7. The van der Waals surface area contributed by atoms with Crippen LogP contribution in [0.5, 0.6) is 0 Å². The first-order valence-electron chi connectivity index (χ1n) is 13.7. The second kappa shape index (κ2) is 10.1. The van der Waals surface area contributed by atoms with E-state index >= 15 is 0 Å². The minimum absolute atomic E-state index is 0.0308. The van der Waals surface area contributed by atoms with Crippen LogP contribution in [0.2, 0.25) is 10.0 Å². The Balaban J connectivity index is 1.05. The summed E-state index contributed by atoms with van der Waals surface area (Å²) in [5, 5.41) is 15.6. The number of carboxylic acids is 1. The van der Waals surface area contributed by atoms with Crippen molar-refractivity contribution in [2.24, 2.45) is 11.3 Å². The maximum atomic E-state index is 11.5. The molecule has 8 nitrogen and oxygen atoms in total. The minimum Gasteiger partial charge on any atom is -0.477 e. The molecular formula is C31H28Cl2N4O4. The number of ether oxygens (including phenoxy) is 1.